The van der Waals surface area contributed by atoms with Crippen LogP contribution in [0.5, 0.6) is 0 Å². The summed E-state index contributed by atoms with van der Waals surface area (Å²) >= 11 is 0. The minimum atomic E-state index is -0.155. The first-order valence-electron chi connectivity index (χ1n) is 11.4. The molecule has 4 aromatic rings. The number of anilines is 1. The van der Waals surface area contributed by atoms with Gasteiger partial charge in [0.1, 0.15) is 11.7 Å². The van der Waals surface area contributed by atoms with Crippen LogP contribution in [0.3, 0.4) is 0 Å². The average molecular weight is 468 g/mol. The highest BCUT2D eigenvalue weighted by Gasteiger charge is 2.19. The van der Waals surface area contributed by atoms with Crippen LogP contribution in [0.15, 0.2) is 72.8 Å². The van der Waals surface area contributed by atoms with Crippen molar-refractivity contribution in [3.05, 3.63) is 95.3 Å². The Morgan fingerprint density at radius 3 is 2.29 bits per heavy atom. The predicted octanol–water partition coefficient (Wildman–Crippen LogP) is 3.62. The molecule has 35 heavy (non-hydrogen) atoms. The summed E-state index contributed by atoms with van der Waals surface area (Å²) in [7, 11) is 1.98. The molecule has 178 valence electrons. The first-order chi connectivity index (χ1) is 16.8. The third kappa shape index (κ3) is 5.38. The molecule has 0 unspecified atom stereocenters. The Morgan fingerprint density at radius 1 is 0.943 bits per heavy atom. The summed E-state index contributed by atoms with van der Waals surface area (Å²) in [4.78, 5) is 19.9. The first-order valence-corrected chi connectivity index (χ1v) is 11.4. The lowest BCUT2D eigenvalue weighted by molar-refractivity contribution is 0.0987. The number of rotatable bonds is 9. The van der Waals surface area contributed by atoms with E-state index >= 15 is 0 Å². The number of hydrogen-bond donors (Lipinski definition) is 4. The van der Waals surface area contributed by atoms with Gasteiger partial charge in [0, 0.05) is 43.2 Å². The van der Waals surface area contributed by atoms with Crippen molar-refractivity contribution in [2.45, 2.75) is 19.3 Å². The van der Waals surface area contributed by atoms with Crippen molar-refractivity contribution in [1.82, 2.24) is 9.55 Å². The number of amides is 1. The van der Waals surface area contributed by atoms with Crippen LogP contribution in [0.25, 0.3) is 11.0 Å². The number of nitrogens with two attached hydrogens (primary N) is 2. The highest BCUT2D eigenvalue weighted by molar-refractivity contribution is 6.07. The number of benzene rings is 3. The standard InChI is InChI=1S/C27H29N7O/c1-33-23-13-12-20(27(35)34(16-15-24(28)29)21-5-3-2-4-6-21)17-22(23)32-25(33)14-9-18-7-10-19(11-8-18)26(30)31/h2-8,10-13,17H,9,14-16H2,1H3,(H3,28,29)(H3,30,31). The van der Waals surface area contributed by atoms with Crippen LogP contribution in [-0.2, 0) is 19.9 Å². The molecule has 3 aromatic carbocycles. The molecule has 0 bridgehead atoms. The number of nitrogen functional groups attached to an aromatic ring is 1. The average Bonchev–Trinajstić information content (AvgIpc) is 3.18. The summed E-state index contributed by atoms with van der Waals surface area (Å²) in [6.45, 7) is 0.325. The normalized spacial score (nSPS) is 10.9. The number of hydrogen-bond acceptors (Lipinski definition) is 4. The highest BCUT2D eigenvalue weighted by atomic mass is 16.2. The maximum Gasteiger partial charge on any atom is 0.258 e. The minimum Gasteiger partial charge on any atom is -0.388 e. The maximum atomic E-state index is 13.4. The predicted molar refractivity (Wildman–Crippen MR) is 140 cm³/mol. The maximum absolute atomic E-state index is 13.4. The molecule has 8 heteroatoms. The lowest BCUT2D eigenvalue weighted by atomic mass is 10.1. The Labute approximate surface area is 204 Å². The van der Waals surface area contributed by atoms with Crippen LogP contribution in [0.1, 0.15) is 33.7 Å². The van der Waals surface area contributed by atoms with Gasteiger partial charge in [-0.05, 0) is 42.3 Å². The summed E-state index contributed by atoms with van der Waals surface area (Å²) < 4.78 is 2.05. The van der Waals surface area contributed by atoms with Crippen molar-refractivity contribution >= 4 is 34.3 Å². The van der Waals surface area contributed by atoms with Gasteiger partial charge in [-0.25, -0.2) is 4.98 Å². The van der Waals surface area contributed by atoms with E-state index in [2.05, 4.69) is 4.57 Å². The zero-order chi connectivity index (χ0) is 24.9. The molecule has 0 spiro atoms. The van der Waals surface area contributed by atoms with Gasteiger partial charge in [-0.3, -0.25) is 15.6 Å². The molecule has 1 aromatic heterocycles. The lowest BCUT2D eigenvalue weighted by Gasteiger charge is -2.22. The number of aryl methyl sites for hydroxylation is 3. The van der Waals surface area contributed by atoms with Gasteiger partial charge in [0.15, 0.2) is 0 Å². The fourth-order valence-electron chi connectivity index (χ4n) is 4.06. The van der Waals surface area contributed by atoms with Gasteiger partial charge in [0.2, 0.25) is 0 Å². The second kappa shape index (κ2) is 10.2. The number of amidine groups is 2. The molecule has 1 amide bonds. The van der Waals surface area contributed by atoms with Crippen LogP contribution in [0.2, 0.25) is 0 Å². The van der Waals surface area contributed by atoms with Crippen molar-refractivity contribution in [2.75, 3.05) is 11.4 Å². The zero-order valence-corrected chi connectivity index (χ0v) is 19.7. The Kier molecular flexibility index (Phi) is 6.91. The molecule has 0 aliphatic carbocycles. The lowest BCUT2D eigenvalue weighted by Crippen LogP contribution is -2.34. The second-order valence-corrected chi connectivity index (χ2v) is 8.47. The SMILES string of the molecule is Cn1c(CCc2ccc(C(=N)N)cc2)nc2cc(C(=O)N(CCC(=N)N)c3ccccc3)ccc21. The van der Waals surface area contributed by atoms with E-state index in [4.69, 9.17) is 27.3 Å². The van der Waals surface area contributed by atoms with Gasteiger partial charge in [-0.2, -0.15) is 0 Å². The van der Waals surface area contributed by atoms with E-state index in [1.165, 1.54) is 0 Å². The number of carbonyl (C=O) groups excluding carboxylic acids is 1. The molecule has 0 aliphatic heterocycles. The molecule has 0 fully saturated rings. The second-order valence-electron chi connectivity index (χ2n) is 8.47. The molecule has 1 heterocycles. The summed E-state index contributed by atoms with van der Waals surface area (Å²) in [5.74, 6) is 0.873. The number of para-hydroxylation sites is 1. The number of aromatic nitrogens is 2. The summed E-state index contributed by atoms with van der Waals surface area (Å²) in [6.07, 6.45) is 1.83. The fourth-order valence-corrected chi connectivity index (χ4v) is 4.06. The van der Waals surface area contributed by atoms with Crippen molar-refractivity contribution in [1.29, 1.82) is 10.8 Å². The van der Waals surface area contributed by atoms with Crippen molar-refractivity contribution in [3.8, 4) is 0 Å². The molecular weight excluding hydrogens is 438 g/mol. The van der Waals surface area contributed by atoms with Crippen molar-refractivity contribution < 1.29 is 4.79 Å². The van der Waals surface area contributed by atoms with Gasteiger partial charge in [-0.1, -0.05) is 42.5 Å². The van der Waals surface area contributed by atoms with Gasteiger partial charge in [0.25, 0.3) is 5.91 Å². The van der Waals surface area contributed by atoms with Crippen LogP contribution in [0.4, 0.5) is 5.69 Å². The fraction of sp³-hybridized carbons (Fsp3) is 0.185. The van der Waals surface area contributed by atoms with Crippen LogP contribution in [0, 0.1) is 10.8 Å². The Morgan fingerprint density at radius 2 is 1.63 bits per heavy atom. The third-order valence-corrected chi connectivity index (χ3v) is 6.04. The van der Waals surface area contributed by atoms with E-state index in [-0.39, 0.29) is 17.6 Å². The van der Waals surface area contributed by atoms with E-state index in [1.807, 2.05) is 79.8 Å². The van der Waals surface area contributed by atoms with E-state index in [9.17, 15) is 4.79 Å². The smallest absolute Gasteiger partial charge is 0.258 e. The molecule has 0 radical (unpaired) electrons. The van der Waals surface area contributed by atoms with Crippen LogP contribution in [-0.4, -0.2) is 33.7 Å². The van der Waals surface area contributed by atoms with E-state index < -0.39 is 0 Å². The molecule has 6 N–H and O–H groups in total. The quantitative estimate of drug-likeness (QED) is 0.221. The number of carbonyl (C=O) groups is 1. The van der Waals surface area contributed by atoms with Crippen molar-refractivity contribution in [3.63, 3.8) is 0 Å². The topological polar surface area (TPSA) is 138 Å². The molecule has 4 rings (SSSR count). The minimum absolute atomic E-state index is 0.0412. The number of nitrogens with zero attached hydrogens (tertiary/aromatic N) is 3. The largest absolute Gasteiger partial charge is 0.388 e. The van der Waals surface area contributed by atoms with E-state index in [1.54, 1.807) is 4.90 Å². The van der Waals surface area contributed by atoms with E-state index in [0.717, 1.165) is 41.0 Å². The monoisotopic (exact) mass is 467 g/mol. The third-order valence-electron chi connectivity index (χ3n) is 6.04. The molecule has 0 saturated carbocycles. The zero-order valence-electron chi connectivity index (χ0n) is 19.7. The molecule has 0 atom stereocenters. The van der Waals surface area contributed by atoms with Gasteiger partial charge in [-0.15, -0.1) is 0 Å². The summed E-state index contributed by atoms with van der Waals surface area (Å²) in [5.41, 5.74) is 16.0. The molecule has 0 aliphatic rings. The van der Waals surface area contributed by atoms with E-state index in [0.29, 0.717) is 24.1 Å². The molecule has 8 nitrogen and oxygen atoms in total. The van der Waals surface area contributed by atoms with Crippen molar-refractivity contribution in [2.24, 2.45) is 18.5 Å². The number of fused-ring (bicyclic) bond motifs is 1. The number of nitrogens with one attached hydrogen (secondary N) is 2. The summed E-state index contributed by atoms with van der Waals surface area (Å²) in [5, 5.41) is 15.1. The first kappa shape index (κ1) is 23.7. The van der Waals surface area contributed by atoms with Gasteiger partial charge in [0.05, 0.1) is 16.9 Å². The Bertz CT molecular complexity index is 1370. The summed E-state index contributed by atoms with van der Waals surface area (Å²) in [6, 6.07) is 22.7. The molecular formula is C27H29N7O. The molecule has 0 saturated heterocycles. The van der Waals surface area contributed by atoms with Gasteiger partial charge >= 0.3 is 0 Å². The highest BCUT2D eigenvalue weighted by Crippen LogP contribution is 2.22. The van der Waals surface area contributed by atoms with Crippen LogP contribution < -0.4 is 16.4 Å². The Hall–Kier alpha value is -4.46. The van der Waals surface area contributed by atoms with Crippen LogP contribution >= 0.6 is 0 Å². The van der Waals surface area contributed by atoms with Gasteiger partial charge < -0.3 is 20.9 Å². The Balaban J connectivity index is 1.56. The number of imidazole rings is 1.